The van der Waals surface area contributed by atoms with Crippen molar-refractivity contribution in [1.82, 2.24) is 19.2 Å². The van der Waals surface area contributed by atoms with Crippen LogP contribution in [0.15, 0.2) is 51.9 Å². The van der Waals surface area contributed by atoms with Crippen LogP contribution in [0.5, 0.6) is 0 Å². The molecule has 6 rings (SSSR count). The third-order valence-corrected chi connectivity index (χ3v) is 6.95. The third kappa shape index (κ3) is 2.64. The van der Waals surface area contributed by atoms with Crippen LogP contribution in [0.1, 0.15) is 28.8 Å². The van der Waals surface area contributed by atoms with Gasteiger partial charge in [-0.1, -0.05) is 12.1 Å². The lowest BCUT2D eigenvalue weighted by atomic mass is 9.97. The van der Waals surface area contributed by atoms with Gasteiger partial charge in [0.05, 0.1) is 18.2 Å². The summed E-state index contributed by atoms with van der Waals surface area (Å²) in [7, 11) is 0. The van der Waals surface area contributed by atoms with Crippen molar-refractivity contribution in [1.29, 1.82) is 0 Å². The van der Waals surface area contributed by atoms with Crippen LogP contribution in [0.3, 0.4) is 0 Å². The Labute approximate surface area is 174 Å². The molecule has 0 aliphatic heterocycles. The molecule has 150 valence electrons. The highest BCUT2D eigenvalue weighted by molar-refractivity contribution is 7.19. The molecule has 1 aliphatic rings. The lowest BCUT2D eigenvalue weighted by molar-refractivity contribution is 0.576. The molecule has 0 saturated carbocycles. The number of rotatable bonds is 3. The molecule has 1 aliphatic carbocycles. The van der Waals surface area contributed by atoms with Crippen LogP contribution in [0.25, 0.3) is 27.4 Å². The molecule has 4 heterocycles. The Balaban J connectivity index is 1.65. The SMILES string of the molecule is O=c1n(Cc2ccc(F)cc2)c2sc3c(c2c2nc(-c4ccco4)nn12)CCCC3. The van der Waals surface area contributed by atoms with Crippen molar-refractivity contribution in [3.8, 4) is 11.6 Å². The molecule has 0 bridgehead atoms. The fourth-order valence-electron chi connectivity index (χ4n) is 4.20. The molecule has 0 N–H and O–H groups in total. The molecule has 30 heavy (non-hydrogen) atoms. The lowest BCUT2D eigenvalue weighted by Gasteiger charge is -2.11. The number of hydrogen-bond acceptors (Lipinski definition) is 5. The van der Waals surface area contributed by atoms with Gasteiger partial charge in [-0.25, -0.2) is 14.2 Å². The molecule has 0 fully saturated rings. The van der Waals surface area contributed by atoms with E-state index < -0.39 is 0 Å². The summed E-state index contributed by atoms with van der Waals surface area (Å²) >= 11 is 1.67. The first-order valence-electron chi connectivity index (χ1n) is 9.91. The summed E-state index contributed by atoms with van der Waals surface area (Å²) in [5.74, 6) is 0.631. The van der Waals surface area contributed by atoms with Crippen molar-refractivity contribution in [3.63, 3.8) is 0 Å². The summed E-state index contributed by atoms with van der Waals surface area (Å²) in [5.41, 5.74) is 2.45. The van der Waals surface area contributed by atoms with Gasteiger partial charge in [-0.3, -0.25) is 4.57 Å². The van der Waals surface area contributed by atoms with Gasteiger partial charge < -0.3 is 4.42 Å². The zero-order valence-electron chi connectivity index (χ0n) is 16.0. The Morgan fingerprint density at radius 1 is 1.13 bits per heavy atom. The predicted octanol–water partition coefficient (Wildman–Crippen LogP) is 4.43. The average Bonchev–Trinajstić information content (AvgIpc) is 3.49. The summed E-state index contributed by atoms with van der Waals surface area (Å²) in [6, 6.07) is 9.81. The summed E-state index contributed by atoms with van der Waals surface area (Å²) in [4.78, 5) is 20.3. The smallest absolute Gasteiger partial charge is 0.352 e. The summed E-state index contributed by atoms with van der Waals surface area (Å²) in [5, 5.41) is 5.47. The Bertz CT molecular complexity index is 1450. The first-order chi connectivity index (χ1) is 14.7. The zero-order valence-corrected chi connectivity index (χ0v) is 16.8. The van der Waals surface area contributed by atoms with Gasteiger partial charge in [0.25, 0.3) is 0 Å². The molecule has 0 saturated heterocycles. The highest BCUT2D eigenvalue weighted by Crippen LogP contribution is 2.38. The number of halogens is 1. The van der Waals surface area contributed by atoms with Gasteiger partial charge in [-0.2, -0.15) is 4.52 Å². The Hall–Kier alpha value is -3.26. The number of furan rings is 1. The minimum atomic E-state index is -0.294. The zero-order chi connectivity index (χ0) is 20.2. The Morgan fingerprint density at radius 2 is 1.97 bits per heavy atom. The molecule has 8 heteroatoms. The van der Waals surface area contributed by atoms with Crippen molar-refractivity contribution >= 4 is 27.2 Å². The second-order valence-electron chi connectivity index (χ2n) is 7.53. The van der Waals surface area contributed by atoms with E-state index in [1.165, 1.54) is 27.1 Å². The standard InChI is InChI=1S/C22H17FN4O2S/c23-14-9-7-13(8-10-14)12-26-21-18(15-4-1-2-6-17(15)30-21)20-24-19(16-5-3-11-29-16)25-27(20)22(26)28/h3,5,7-11H,1-2,4,6,12H2. The Morgan fingerprint density at radius 3 is 2.77 bits per heavy atom. The van der Waals surface area contributed by atoms with E-state index in [2.05, 4.69) is 10.1 Å². The number of aryl methyl sites for hydroxylation is 2. The molecule has 1 aromatic carbocycles. The number of thiophene rings is 1. The third-order valence-electron chi connectivity index (χ3n) is 5.64. The van der Waals surface area contributed by atoms with Crippen molar-refractivity contribution < 1.29 is 8.81 Å². The van der Waals surface area contributed by atoms with Gasteiger partial charge in [0.1, 0.15) is 10.6 Å². The number of aromatic nitrogens is 4. The summed E-state index contributed by atoms with van der Waals surface area (Å²) in [6.45, 7) is 0.348. The van der Waals surface area contributed by atoms with E-state index in [4.69, 9.17) is 4.42 Å². The molecule has 6 nitrogen and oxygen atoms in total. The largest absolute Gasteiger partial charge is 0.461 e. The first-order valence-corrected chi connectivity index (χ1v) is 10.7. The second kappa shape index (κ2) is 6.63. The number of nitrogens with zero attached hydrogens (tertiary/aromatic N) is 4. The minimum absolute atomic E-state index is 0.259. The molecule has 0 radical (unpaired) electrons. The molecular weight excluding hydrogens is 403 g/mol. The van der Waals surface area contributed by atoms with Crippen LogP contribution >= 0.6 is 11.3 Å². The molecular formula is C22H17FN4O2S. The van der Waals surface area contributed by atoms with E-state index in [0.717, 1.165) is 41.5 Å². The predicted molar refractivity (Wildman–Crippen MR) is 112 cm³/mol. The highest BCUT2D eigenvalue weighted by Gasteiger charge is 2.25. The van der Waals surface area contributed by atoms with Crippen molar-refractivity contribution in [2.45, 2.75) is 32.2 Å². The van der Waals surface area contributed by atoms with Gasteiger partial charge in [0.2, 0.25) is 5.82 Å². The van der Waals surface area contributed by atoms with Crippen molar-refractivity contribution in [2.75, 3.05) is 0 Å². The lowest BCUT2D eigenvalue weighted by Crippen LogP contribution is -2.28. The molecule has 0 amide bonds. The first kappa shape index (κ1) is 17.6. The maximum absolute atomic E-state index is 13.4. The quantitative estimate of drug-likeness (QED) is 0.433. The summed E-state index contributed by atoms with van der Waals surface area (Å²) < 4.78 is 21.9. The number of benzene rings is 1. The molecule has 0 unspecified atom stereocenters. The van der Waals surface area contributed by atoms with Crippen LogP contribution < -0.4 is 5.69 Å². The highest BCUT2D eigenvalue weighted by atomic mass is 32.1. The van der Waals surface area contributed by atoms with Crippen LogP contribution in [-0.2, 0) is 19.4 Å². The van der Waals surface area contributed by atoms with Crippen LogP contribution in [0, 0.1) is 5.82 Å². The van der Waals surface area contributed by atoms with Crippen LogP contribution in [0.4, 0.5) is 4.39 Å². The van der Waals surface area contributed by atoms with Gasteiger partial charge in [0, 0.05) is 4.88 Å². The monoisotopic (exact) mass is 420 g/mol. The van der Waals surface area contributed by atoms with Crippen molar-refractivity contribution in [2.24, 2.45) is 0 Å². The van der Waals surface area contributed by atoms with Gasteiger partial charge in [-0.15, -0.1) is 16.4 Å². The fraction of sp³-hybridized carbons (Fsp3) is 0.227. The topological polar surface area (TPSA) is 65.3 Å². The van der Waals surface area contributed by atoms with E-state index in [1.807, 2.05) is 0 Å². The molecule has 0 atom stereocenters. The maximum Gasteiger partial charge on any atom is 0.352 e. The molecule has 5 aromatic rings. The van der Waals surface area contributed by atoms with Crippen LogP contribution in [0.2, 0.25) is 0 Å². The van der Waals surface area contributed by atoms with E-state index in [9.17, 15) is 9.18 Å². The normalized spacial score (nSPS) is 13.9. The van der Waals surface area contributed by atoms with E-state index >= 15 is 0 Å². The average molecular weight is 420 g/mol. The van der Waals surface area contributed by atoms with E-state index in [1.54, 1.807) is 46.4 Å². The van der Waals surface area contributed by atoms with Gasteiger partial charge >= 0.3 is 5.69 Å². The molecule has 0 spiro atoms. The minimum Gasteiger partial charge on any atom is -0.461 e. The summed E-state index contributed by atoms with van der Waals surface area (Å²) in [6.07, 6.45) is 5.84. The number of hydrogen-bond donors (Lipinski definition) is 0. The second-order valence-corrected chi connectivity index (χ2v) is 8.62. The van der Waals surface area contributed by atoms with Gasteiger partial charge in [0.15, 0.2) is 11.4 Å². The van der Waals surface area contributed by atoms with Crippen LogP contribution in [-0.4, -0.2) is 19.2 Å². The molecule has 4 aromatic heterocycles. The van der Waals surface area contributed by atoms with E-state index in [-0.39, 0.29) is 11.5 Å². The number of fused-ring (bicyclic) bond motifs is 5. The maximum atomic E-state index is 13.4. The Kier molecular flexibility index (Phi) is 3.89. The van der Waals surface area contributed by atoms with E-state index in [0.29, 0.717) is 23.8 Å². The van der Waals surface area contributed by atoms with Crippen molar-refractivity contribution in [3.05, 3.63) is 75.0 Å². The fourth-order valence-corrected chi connectivity index (χ4v) is 5.58. The van der Waals surface area contributed by atoms with Gasteiger partial charge in [-0.05, 0) is 61.1 Å².